The fourth-order valence-corrected chi connectivity index (χ4v) is 1.97. The van der Waals surface area contributed by atoms with Gasteiger partial charge in [-0.05, 0) is 12.1 Å². The zero-order valence-corrected chi connectivity index (χ0v) is 12.0. The predicted molar refractivity (Wildman–Crippen MR) is 79.7 cm³/mol. The number of benzene rings is 1. The van der Waals surface area contributed by atoms with E-state index >= 15 is 0 Å². The first-order chi connectivity index (χ1) is 10.2. The van der Waals surface area contributed by atoms with Crippen molar-refractivity contribution in [3.8, 4) is 0 Å². The maximum Gasteiger partial charge on any atom is 0.356 e. The molecular weight excluding hydrogens is 290 g/mol. The summed E-state index contributed by atoms with van der Waals surface area (Å²) in [6.45, 7) is 0. The third kappa shape index (κ3) is 4.15. The van der Waals surface area contributed by atoms with Crippen molar-refractivity contribution in [2.75, 3.05) is 12.4 Å². The SMILES string of the molecule is COC(=O)/C(=C\Nc1nccs1)NC(=O)c1ccccc1. The molecule has 1 aromatic carbocycles. The maximum absolute atomic E-state index is 12.0. The number of thiazole rings is 1. The molecular formula is C14H13N3O3S. The van der Waals surface area contributed by atoms with Crippen molar-refractivity contribution in [1.82, 2.24) is 10.3 Å². The lowest BCUT2D eigenvalue weighted by Gasteiger charge is -2.08. The van der Waals surface area contributed by atoms with Crippen LogP contribution in [-0.4, -0.2) is 24.0 Å². The summed E-state index contributed by atoms with van der Waals surface area (Å²) in [7, 11) is 1.24. The molecule has 0 saturated heterocycles. The van der Waals surface area contributed by atoms with Crippen LogP contribution in [0.3, 0.4) is 0 Å². The monoisotopic (exact) mass is 303 g/mol. The Morgan fingerprint density at radius 2 is 2.05 bits per heavy atom. The summed E-state index contributed by atoms with van der Waals surface area (Å²) in [5.74, 6) is -1.04. The van der Waals surface area contributed by atoms with Crippen molar-refractivity contribution < 1.29 is 14.3 Å². The minimum atomic E-state index is -0.650. The number of hydrogen-bond donors (Lipinski definition) is 2. The number of rotatable bonds is 5. The first kappa shape index (κ1) is 14.7. The summed E-state index contributed by atoms with van der Waals surface area (Å²) >= 11 is 1.37. The molecule has 0 unspecified atom stereocenters. The van der Waals surface area contributed by atoms with Gasteiger partial charge in [0.2, 0.25) is 0 Å². The Morgan fingerprint density at radius 3 is 2.67 bits per heavy atom. The number of carbonyl (C=O) groups excluding carboxylic acids is 2. The molecule has 0 aliphatic rings. The van der Waals surface area contributed by atoms with Gasteiger partial charge in [0, 0.05) is 23.3 Å². The zero-order chi connectivity index (χ0) is 15.1. The summed E-state index contributed by atoms with van der Waals surface area (Å²) < 4.78 is 4.64. The second-order valence-corrected chi connectivity index (χ2v) is 4.75. The molecule has 2 rings (SSSR count). The quantitative estimate of drug-likeness (QED) is 0.652. The number of amides is 1. The summed E-state index contributed by atoms with van der Waals surface area (Å²) in [5, 5.41) is 7.73. The molecule has 1 aromatic heterocycles. The Bertz CT molecular complexity index is 639. The topological polar surface area (TPSA) is 80.3 Å². The highest BCUT2D eigenvalue weighted by molar-refractivity contribution is 7.13. The van der Waals surface area contributed by atoms with Crippen LogP contribution in [0.5, 0.6) is 0 Å². The number of aromatic nitrogens is 1. The minimum absolute atomic E-state index is 0.00144. The van der Waals surface area contributed by atoms with Gasteiger partial charge < -0.3 is 15.4 Å². The lowest BCUT2D eigenvalue weighted by Crippen LogP contribution is -2.28. The second-order valence-electron chi connectivity index (χ2n) is 3.85. The molecule has 2 aromatic rings. The maximum atomic E-state index is 12.0. The van der Waals surface area contributed by atoms with Crippen LogP contribution in [-0.2, 0) is 9.53 Å². The van der Waals surface area contributed by atoms with Gasteiger partial charge in [0.1, 0.15) is 5.70 Å². The first-order valence-electron chi connectivity index (χ1n) is 6.01. The van der Waals surface area contributed by atoms with Crippen LogP contribution in [0.4, 0.5) is 5.13 Å². The van der Waals surface area contributed by atoms with Crippen LogP contribution >= 0.6 is 11.3 Å². The van der Waals surface area contributed by atoms with Gasteiger partial charge in [-0.3, -0.25) is 4.79 Å². The van der Waals surface area contributed by atoms with E-state index in [0.29, 0.717) is 10.7 Å². The van der Waals surface area contributed by atoms with Crippen LogP contribution in [0.15, 0.2) is 53.8 Å². The van der Waals surface area contributed by atoms with Crippen LogP contribution in [0, 0.1) is 0 Å². The summed E-state index contributed by atoms with van der Waals surface area (Å²) in [6, 6.07) is 8.59. The highest BCUT2D eigenvalue weighted by Gasteiger charge is 2.14. The minimum Gasteiger partial charge on any atom is -0.464 e. The lowest BCUT2D eigenvalue weighted by atomic mass is 10.2. The second kappa shape index (κ2) is 7.20. The Kier molecular flexibility index (Phi) is 5.05. The van der Waals surface area contributed by atoms with Gasteiger partial charge in [-0.2, -0.15) is 0 Å². The molecule has 6 nitrogen and oxygen atoms in total. The molecule has 108 valence electrons. The average molecular weight is 303 g/mol. The van der Waals surface area contributed by atoms with E-state index in [1.165, 1.54) is 24.6 Å². The Labute approximate surface area is 125 Å². The van der Waals surface area contributed by atoms with Crippen molar-refractivity contribution in [1.29, 1.82) is 0 Å². The molecule has 0 aliphatic heterocycles. The molecule has 2 N–H and O–H groups in total. The third-order valence-corrected chi connectivity index (χ3v) is 3.17. The fraction of sp³-hybridized carbons (Fsp3) is 0.0714. The van der Waals surface area contributed by atoms with E-state index in [9.17, 15) is 9.59 Å². The largest absolute Gasteiger partial charge is 0.464 e. The summed E-state index contributed by atoms with van der Waals surface area (Å²) in [5.41, 5.74) is 0.447. The number of methoxy groups -OCH3 is 1. The number of carbonyl (C=O) groups is 2. The summed E-state index contributed by atoms with van der Waals surface area (Å²) in [6.07, 6.45) is 2.98. The van der Waals surface area contributed by atoms with Gasteiger partial charge >= 0.3 is 5.97 Å². The number of esters is 1. The zero-order valence-electron chi connectivity index (χ0n) is 11.2. The normalized spacial score (nSPS) is 10.8. The molecule has 1 heterocycles. The van der Waals surface area contributed by atoms with Gasteiger partial charge in [-0.1, -0.05) is 18.2 Å². The van der Waals surface area contributed by atoms with Crippen molar-refractivity contribution in [2.45, 2.75) is 0 Å². The van der Waals surface area contributed by atoms with Crippen LogP contribution < -0.4 is 10.6 Å². The molecule has 0 saturated carbocycles. The molecule has 7 heteroatoms. The van der Waals surface area contributed by atoms with Gasteiger partial charge in [0.05, 0.1) is 7.11 Å². The van der Waals surface area contributed by atoms with Crippen LogP contribution in [0.25, 0.3) is 0 Å². The van der Waals surface area contributed by atoms with Gasteiger partial charge in [0.25, 0.3) is 5.91 Å². The Morgan fingerprint density at radius 1 is 1.29 bits per heavy atom. The highest BCUT2D eigenvalue weighted by Crippen LogP contribution is 2.10. The standard InChI is InChI=1S/C14H13N3O3S/c1-20-13(19)11(9-16-14-15-7-8-21-14)17-12(18)10-5-3-2-4-6-10/h2-9H,1H3,(H,15,16)(H,17,18)/b11-9+. The average Bonchev–Trinajstić information content (AvgIpc) is 3.04. The number of hydrogen-bond acceptors (Lipinski definition) is 6. The van der Waals surface area contributed by atoms with E-state index < -0.39 is 11.9 Å². The molecule has 0 aliphatic carbocycles. The lowest BCUT2D eigenvalue weighted by molar-refractivity contribution is -0.136. The third-order valence-electron chi connectivity index (χ3n) is 2.46. The molecule has 0 spiro atoms. The number of ether oxygens (including phenoxy) is 1. The van der Waals surface area contributed by atoms with Gasteiger partial charge in [-0.25, -0.2) is 9.78 Å². The highest BCUT2D eigenvalue weighted by atomic mass is 32.1. The number of nitrogens with one attached hydrogen (secondary N) is 2. The molecule has 21 heavy (non-hydrogen) atoms. The van der Waals surface area contributed by atoms with E-state index in [2.05, 4.69) is 20.4 Å². The van der Waals surface area contributed by atoms with E-state index in [-0.39, 0.29) is 5.70 Å². The van der Waals surface area contributed by atoms with Gasteiger partial charge in [-0.15, -0.1) is 11.3 Å². The van der Waals surface area contributed by atoms with Gasteiger partial charge in [0.15, 0.2) is 5.13 Å². The molecule has 0 atom stereocenters. The van der Waals surface area contributed by atoms with Crippen LogP contribution in [0.1, 0.15) is 10.4 Å². The molecule has 0 fully saturated rings. The number of nitrogens with zero attached hydrogens (tertiary/aromatic N) is 1. The smallest absolute Gasteiger partial charge is 0.356 e. The van der Waals surface area contributed by atoms with E-state index in [4.69, 9.17) is 0 Å². The molecule has 1 amide bonds. The van der Waals surface area contributed by atoms with Crippen molar-refractivity contribution in [3.05, 3.63) is 59.4 Å². The van der Waals surface area contributed by atoms with Crippen molar-refractivity contribution >= 4 is 28.3 Å². The first-order valence-corrected chi connectivity index (χ1v) is 6.89. The van der Waals surface area contributed by atoms with E-state index in [1.807, 2.05) is 0 Å². The summed E-state index contributed by atoms with van der Waals surface area (Å²) in [4.78, 5) is 27.7. The van der Waals surface area contributed by atoms with E-state index in [0.717, 1.165) is 0 Å². The predicted octanol–water partition coefficient (Wildman–Crippen LogP) is 2.00. The fourth-order valence-electron chi connectivity index (χ4n) is 1.47. The van der Waals surface area contributed by atoms with Crippen molar-refractivity contribution in [3.63, 3.8) is 0 Å². The molecule has 0 bridgehead atoms. The number of anilines is 1. The molecule has 0 radical (unpaired) electrons. The van der Waals surface area contributed by atoms with Crippen LogP contribution in [0.2, 0.25) is 0 Å². The van der Waals surface area contributed by atoms with E-state index in [1.54, 1.807) is 41.9 Å². The van der Waals surface area contributed by atoms with Crippen molar-refractivity contribution in [2.24, 2.45) is 0 Å². The Balaban J connectivity index is 2.11. The Hall–Kier alpha value is -2.67.